The molecule has 1 aromatic heterocycles. The number of methoxy groups -OCH3 is 1. The maximum absolute atomic E-state index is 13.9. The highest BCUT2D eigenvalue weighted by Gasteiger charge is 2.36. The van der Waals surface area contributed by atoms with Crippen LogP contribution in [0.15, 0.2) is 67.1 Å². The number of amides is 3. The van der Waals surface area contributed by atoms with Gasteiger partial charge in [0.25, 0.3) is 0 Å². The average molecular weight is 561 g/mol. The summed E-state index contributed by atoms with van der Waals surface area (Å²) < 4.78 is 7.08. The summed E-state index contributed by atoms with van der Waals surface area (Å²) in [6.45, 7) is 2.86. The lowest BCUT2D eigenvalue weighted by molar-refractivity contribution is -0.136. The molecule has 0 bridgehead atoms. The number of nitrogens with one attached hydrogen (secondary N) is 1. The van der Waals surface area contributed by atoms with Crippen LogP contribution in [0, 0.1) is 0 Å². The van der Waals surface area contributed by atoms with Crippen LogP contribution < -0.4 is 20.7 Å². The molecule has 3 atom stereocenters. The fourth-order valence-electron chi connectivity index (χ4n) is 5.23. The van der Waals surface area contributed by atoms with Crippen molar-refractivity contribution < 1.29 is 19.1 Å². The van der Waals surface area contributed by atoms with Crippen molar-refractivity contribution in [2.24, 2.45) is 12.8 Å². The number of benzene rings is 2. The SMILES string of the molecule is CCCC(=O)N(c1ccccc1)[C@H]1CCN(C(=O)[C@@H](Cc2ccc(OC)cc2)NC(=O)[C@@H](N)Cc2cncn2C)C1. The van der Waals surface area contributed by atoms with Crippen LogP contribution in [-0.4, -0.2) is 70.5 Å². The monoisotopic (exact) mass is 560 g/mol. The topological polar surface area (TPSA) is 123 Å². The molecule has 1 saturated heterocycles. The first-order valence-corrected chi connectivity index (χ1v) is 14.1. The number of rotatable bonds is 12. The number of anilines is 1. The van der Waals surface area contributed by atoms with Crippen LogP contribution in [0.4, 0.5) is 5.69 Å². The highest BCUT2D eigenvalue weighted by atomic mass is 16.5. The number of ether oxygens (including phenoxy) is 1. The van der Waals surface area contributed by atoms with Crippen LogP contribution in [0.3, 0.4) is 0 Å². The zero-order chi connectivity index (χ0) is 29.4. The predicted octanol–water partition coefficient (Wildman–Crippen LogP) is 2.46. The average Bonchev–Trinajstić information content (AvgIpc) is 3.62. The summed E-state index contributed by atoms with van der Waals surface area (Å²) in [5.74, 6) is 0.152. The molecule has 3 N–H and O–H groups in total. The van der Waals surface area contributed by atoms with E-state index in [0.717, 1.165) is 23.4 Å². The molecule has 3 aromatic rings. The Kier molecular flexibility index (Phi) is 10.1. The number of hydrogen-bond acceptors (Lipinski definition) is 6. The number of carbonyl (C=O) groups excluding carboxylic acids is 3. The lowest BCUT2D eigenvalue weighted by Gasteiger charge is -2.30. The highest BCUT2D eigenvalue weighted by molar-refractivity contribution is 5.94. The van der Waals surface area contributed by atoms with E-state index in [2.05, 4.69) is 10.3 Å². The second kappa shape index (κ2) is 13.9. The molecule has 2 aromatic carbocycles. The van der Waals surface area contributed by atoms with Crippen LogP contribution >= 0.6 is 0 Å². The number of aromatic nitrogens is 2. The molecule has 218 valence electrons. The second-order valence-electron chi connectivity index (χ2n) is 10.5. The van der Waals surface area contributed by atoms with Gasteiger partial charge in [0.1, 0.15) is 11.8 Å². The molecular formula is C31H40N6O4. The largest absolute Gasteiger partial charge is 0.497 e. The van der Waals surface area contributed by atoms with Crippen LogP contribution in [0.5, 0.6) is 5.75 Å². The van der Waals surface area contributed by atoms with E-state index in [1.54, 1.807) is 24.5 Å². The Morgan fingerprint density at radius 1 is 1.12 bits per heavy atom. The van der Waals surface area contributed by atoms with Gasteiger partial charge >= 0.3 is 0 Å². The minimum atomic E-state index is -0.844. The molecule has 0 spiro atoms. The van der Waals surface area contributed by atoms with Gasteiger partial charge in [0, 0.05) is 57.0 Å². The number of nitrogens with two attached hydrogens (primary N) is 1. The fraction of sp³-hybridized carbons (Fsp3) is 0.419. The van der Waals surface area contributed by atoms with E-state index in [4.69, 9.17) is 10.5 Å². The Morgan fingerprint density at radius 3 is 2.49 bits per heavy atom. The van der Waals surface area contributed by atoms with Crippen LogP contribution in [0.2, 0.25) is 0 Å². The van der Waals surface area contributed by atoms with E-state index < -0.39 is 18.0 Å². The first-order chi connectivity index (χ1) is 19.8. The van der Waals surface area contributed by atoms with E-state index in [9.17, 15) is 14.4 Å². The summed E-state index contributed by atoms with van der Waals surface area (Å²) in [5, 5.41) is 2.92. The molecular weight excluding hydrogens is 520 g/mol. The number of nitrogens with zero attached hydrogens (tertiary/aromatic N) is 4. The number of para-hydroxylation sites is 1. The molecule has 0 radical (unpaired) electrons. The quantitative estimate of drug-likeness (QED) is 0.351. The first kappa shape index (κ1) is 29.8. The minimum Gasteiger partial charge on any atom is -0.497 e. The summed E-state index contributed by atoms with van der Waals surface area (Å²) in [6.07, 6.45) is 5.75. The third-order valence-electron chi connectivity index (χ3n) is 7.50. The van der Waals surface area contributed by atoms with Crippen LogP contribution in [0.1, 0.15) is 37.4 Å². The van der Waals surface area contributed by atoms with Gasteiger partial charge in [0.2, 0.25) is 17.7 Å². The summed E-state index contributed by atoms with van der Waals surface area (Å²) >= 11 is 0. The summed E-state index contributed by atoms with van der Waals surface area (Å²) in [4.78, 5) is 48.0. The molecule has 0 unspecified atom stereocenters. The van der Waals surface area contributed by atoms with Crippen molar-refractivity contribution in [3.8, 4) is 5.75 Å². The van der Waals surface area contributed by atoms with E-state index in [1.165, 1.54) is 0 Å². The van der Waals surface area contributed by atoms with Crippen molar-refractivity contribution in [3.05, 3.63) is 78.4 Å². The number of carbonyl (C=O) groups is 3. The van der Waals surface area contributed by atoms with Gasteiger partial charge < -0.3 is 30.2 Å². The van der Waals surface area contributed by atoms with Gasteiger partial charge in [-0.05, 0) is 42.7 Å². The summed E-state index contributed by atoms with van der Waals surface area (Å²) in [5.41, 5.74) is 8.79. The molecule has 41 heavy (non-hydrogen) atoms. The zero-order valence-electron chi connectivity index (χ0n) is 24.0. The van der Waals surface area contributed by atoms with Crippen molar-refractivity contribution in [1.29, 1.82) is 0 Å². The van der Waals surface area contributed by atoms with Crippen LogP contribution in [0.25, 0.3) is 0 Å². The molecule has 0 aliphatic carbocycles. The normalized spacial score (nSPS) is 16.2. The molecule has 1 aliphatic heterocycles. The van der Waals surface area contributed by atoms with E-state index in [0.29, 0.717) is 44.5 Å². The second-order valence-corrected chi connectivity index (χ2v) is 10.5. The van der Waals surface area contributed by atoms with Gasteiger partial charge in [-0.25, -0.2) is 4.98 Å². The van der Waals surface area contributed by atoms with Gasteiger partial charge in [-0.2, -0.15) is 0 Å². The third-order valence-corrected chi connectivity index (χ3v) is 7.50. The molecule has 10 nitrogen and oxygen atoms in total. The molecule has 3 amide bonds. The third kappa shape index (κ3) is 7.52. The minimum absolute atomic E-state index is 0.0437. The maximum atomic E-state index is 13.9. The molecule has 4 rings (SSSR count). The molecule has 2 heterocycles. The molecule has 1 aliphatic rings. The fourth-order valence-corrected chi connectivity index (χ4v) is 5.23. The van der Waals surface area contributed by atoms with Crippen molar-refractivity contribution in [1.82, 2.24) is 19.8 Å². The Morgan fingerprint density at radius 2 is 1.85 bits per heavy atom. The van der Waals surface area contributed by atoms with Gasteiger partial charge in [0.15, 0.2) is 0 Å². The molecule has 10 heteroatoms. The Balaban J connectivity index is 1.51. The van der Waals surface area contributed by atoms with E-state index >= 15 is 0 Å². The maximum Gasteiger partial charge on any atom is 0.245 e. The smallest absolute Gasteiger partial charge is 0.245 e. The standard InChI is InChI=1S/C31H40N6O4/c1-4-8-29(38)37(23-9-6-5-7-10-23)24-15-16-36(20-24)31(40)28(17-22-11-13-26(41-3)14-12-22)34-30(39)27(32)18-25-19-33-21-35(25)2/h5-7,9-14,19,21,24,27-28H,4,8,15-18,20,32H2,1-3H3,(H,34,39)/t24-,27-,28+/m0/s1. The van der Waals surface area contributed by atoms with Crippen molar-refractivity contribution in [3.63, 3.8) is 0 Å². The van der Waals surface area contributed by atoms with Crippen molar-refractivity contribution in [2.45, 2.75) is 57.2 Å². The summed E-state index contributed by atoms with van der Waals surface area (Å²) in [7, 11) is 3.44. The number of aryl methyl sites for hydroxylation is 1. The van der Waals surface area contributed by atoms with Gasteiger partial charge in [-0.15, -0.1) is 0 Å². The van der Waals surface area contributed by atoms with E-state index in [-0.39, 0.29) is 17.9 Å². The molecule has 1 fully saturated rings. The van der Waals surface area contributed by atoms with E-state index in [1.807, 2.05) is 78.0 Å². The Bertz CT molecular complexity index is 1310. The number of imidazole rings is 1. The van der Waals surface area contributed by atoms with Crippen molar-refractivity contribution >= 4 is 23.4 Å². The van der Waals surface area contributed by atoms with Gasteiger partial charge in [0.05, 0.1) is 25.5 Å². The van der Waals surface area contributed by atoms with Crippen molar-refractivity contribution in [2.75, 3.05) is 25.1 Å². The zero-order valence-corrected chi connectivity index (χ0v) is 24.0. The molecule has 0 saturated carbocycles. The van der Waals surface area contributed by atoms with Gasteiger partial charge in [-0.3, -0.25) is 14.4 Å². The Labute approximate surface area is 241 Å². The first-order valence-electron chi connectivity index (χ1n) is 14.1. The Hall–Kier alpha value is -4.18. The number of likely N-dealkylation sites (tertiary alicyclic amines) is 1. The predicted molar refractivity (Wildman–Crippen MR) is 157 cm³/mol. The van der Waals surface area contributed by atoms with Gasteiger partial charge in [-0.1, -0.05) is 37.3 Å². The summed E-state index contributed by atoms with van der Waals surface area (Å²) in [6, 6.07) is 15.2. The van der Waals surface area contributed by atoms with Crippen LogP contribution in [-0.2, 0) is 34.3 Å². The lowest BCUT2D eigenvalue weighted by Crippen LogP contribution is -2.54. The number of hydrogen-bond donors (Lipinski definition) is 2. The lowest BCUT2D eigenvalue weighted by atomic mass is 10.0. The highest BCUT2D eigenvalue weighted by Crippen LogP contribution is 2.25.